The number of rotatable bonds is 0. The average Bonchev–Trinajstić information content (AvgIpc) is 2.79. The van der Waals surface area contributed by atoms with E-state index in [-0.39, 0.29) is 0 Å². The lowest BCUT2D eigenvalue weighted by Crippen LogP contribution is -2.16. The van der Waals surface area contributed by atoms with Crippen molar-refractivity contribution in [2.24, 2.45) is 0 Å². The summed E-state index contributed by atoms with van der Waals surface area (Å²) in [7, 11) is -2.80. The van der Waals surface area contributed by atoms with Gasteiger partial charge in [0.25, 0.3) is 0 Å². The highest BCUT2D eigenvalue weighted by Gasteiger charge is 2.08. The Balaban J connectivity index is 1.79. The zero-order chi connectivity index (χ0) is 24.6. The SMILES string of the molecule is C[Si](C)(C)C#Cc1cccc(C#Cc2cccc(C#Cc3cccc(C#C[Si](C)(C)C)c3)c2)c1. The standard InChI is InChI=1S/C32H30Si2/c1-33(2,3)22-20-31-14-8-12-29(25-31)18-16-27-10-7-11-28(24-27)17-19-30-13-9-15-32(26-30)21-23-34(4,5)6/h7-15,24-26H,1-6H3. The third kappa shape index (κ3) is 9.06. The molecule has 0 heterocycles. The molecule has 0 aliphatic heterocycles. The van der Waals surface area contributed by atoms with Gasteiger partial charge in [0.15, 0.2) is 0 Å². The zero-order valence-corrected chi connectivity index (χ0v) is 22.9. The van der Waals surface area contributed by atoms with Crippen LogP contribution in [0.15, 0.2) is 72.8 Å². The number of hydrogen-bond donors (Lipinski definition) is 0. The predicted octanol–water partition coefficient (Wildman–Crippen LogP) is 6.94. The Bertz CT molecular complexity index is 1320. The lowest BCUT2D eigenvalue weighted by Gasteiger charge is -2.03. The van der Waals surface area contributed by atoms with E-state index < -0.39 is 16.1 Å². The predicted molar refractivity (Wildman–Crippen MR) is 152 cm³/mol. The van der Waals surface area contributed by atoms with Gasteiger partial charge in [-0.3, -0.25) is 0 Å². The molecule has 0 unspecified atom stereocenters. The molecule has 0 saturated carbocycles. The van der Waals surface area contributed by atoms with E-state index in [0.717, 1.165) is 33.4 Å². The lowest BCUT2D eigenvalue weighted by atomic mass is 10.1. The Morgan fingerprint density at radius 3 is 0.853 bits per heavy atom. The van der Waals surface area contributed by atoms with Crippen LogP contribution in [0.2, 0.25) is 39.3 Å². The van der Waals surface area contributed by atoms with Crippen LogP contribution >= 0.6 is 0 Å². The number of hydrogen-bond acceptors (Lipinski definition) is 0. The Hall–Kier alpha value is -3.67. The molecule has 0 aromatic heterocycles. The molecule has 3 aromatic rings. The van der Waals surface area contributed by atoms with Crippen molar-refractivity contribution in [1.82, 2.24) is 0 Å². The van der Waals surface area contributed by atoms with Gasteiger partial charge in [-0.1, -0.05) is 93.0 Å². The third-order valence-corrected chi connectivity index (χ3v) is 6.20. The topological polar surface area (TPSA) is 0 Å². The van der Waals surface area contributed by atoms with Crippen molar-refractivity contribution in [3.8, 4) is 46.6 Å². The minimum atomic E-state index is -1.40. The lowest BCUT2D eigenvalue weighted by molar-refractivity contribution is 1.57. The van der Waals surface area contributed by atoms with Gasteiger partial charge in [0, 0.05) is 33.4 Å². The molecule has 3 aromatic carbocycles. The monoisotopic (exact) mass is 470 g/mol. The Labute approximate surface area is 207 Å². The van der Waals surface area contributed by atoms with Gasteiger partial charge in [-0.25, -0.2) is 0 Å². The maximum absolute atomic E-state index is 3.41. The van der Waals surface area contributed by atoms with Crippen molar-refractivity contribution in [2.75, 3.05) is 0 Å². The van der Waals surface area contributed by atoms with E-state index in [4.69, 9.17) is 0 Å². The van der Waals surface area contributed by atoms with Crippen LogP contribution < -0.4 is 0 Å². The molecule has 0 N–H and O–H groups in total. The molecule has 0 spiro atoms. The van der Waals surface area contributed by atoms with Gasteiger partial charge in [0.2, 0.25) is 0 Å². The number of benzene rings is 3. The molecule has 0 saturated heterocycles. The molecule has 0 amide bonds. The maximum Gasteiger partial charge on any atom is 0.129 e. The summed E-state index contributed by atoms with van der Waals surface area (Å²) in [6.45, 7) is 13.5. The highest BCUT2D eigenvalue weighted by Crippen LogP contribution is 2.08. The van der Waals surface area contributed by atoms with Gasteiger partial charge < -0.3 is 0 Å². The van der Waals surface area contributed by atoms with E-state index in [0.29, 0.717) is 0 Å². The molecule has 0 aliphatic carbocycles. The van der Waals surface area contributed by atoms with E-state index in [9.17, 15) is 0 Å². The molecule has 0 bridgehead atoms. The smallest absolute Gasteiger partial charge is 0.127 e. The first-order valence-electron chi connectivity index (χ1n) is 11.5. The summed E-state index contributed by atoms with van der Waals surface area (Å²) in [5.74, 6) is 19.7. The molecule has 0 aliphatic rings. The van der Waals surface area contributed by atoms with Gasteiger partial charge in [0.05, 0.1) is 0 Å². The summed E-state index contributed by atoms with van der Waals surface area (Å²) in [6.07, 6.45) is 0. The van der Waals surface area contributed by atoms with Crippen LogP contribution in [0.3, 0.4) is 0 Å². The largest absolute Gasteiger partial charge is 0.129 e. The molecular weight excluding hydrogens is 441 g/mol. The normalized spacial score (nSPS) is 10.3. The van der Waals surface area contributed by atoms with Crippen LogP contribution in [0, 0.1) is 46.6 Å². The van der Waals surface area contributed by atoms with Gasteiger partial charge in [-0.2, -0.15) is 0 Å². The Morgan fingerprint density at radius 1 is 0.382 bits per heavy atom. The second kappa shape index (κ2) is 11.0. The van der Waals surface area contributed by atoms with Crippen molar-refractivity contribution in [2.45, 2.75) is 39.3 Å². The highest BCUT2D eigenvalue weighted by molar-refractivity contribution is 6.84. The van der Waals surface area contributed by atoms with Crippen LogP contribution in [0.4, 0.5) is 0 Å². The van der Waals surface area contributed by atoms with Crippen LogP contribution in [0.25, 0.3) is 0 Å². The van der Waals surface area contributed by atoms with Crippen LogP contribution in [-0.4, -0.2) is 16.1 Å². The first kappa shape index (κ1) is 25.0. The fourth-order valence-corrected chi connectivity index (χ4v) is 3.87. The van der Waals surface area contributed by atoms with Crippen LogP contribution in [-0.2, 0) is 0 Å². The maximum atomic E-state index is 3.41. The molecule has 0 nitrogen and oxygen atoms in total. The van der Waals surface area contributed by atoms with Crippen LogP contribution in [0.5, 0.6) is 0 Å². The molecule has 2 heteroatoms. The van der Waals surface area contributed by atoms with E-state index in [1.807, 2.05) is 60.7 Å². The first-order chi connectivity index (χ1) is 16.1. The average molecular weight is 471 g/mol. The molecule has 0 fully saturated rings. The summed E-state index contributed by atoms with van der Waals surface area (Å²) < 4.78 is 0. The second-order valence-corrected chi connectivity index (χ2v) is 19.7. The minimum Gasteiger partial charge on any atom is -0.127 e. The van der Waals surface area contributed by atoms with Crippen LogP contribution in [0.1, 0.15) is 33.4 Å². The van der Waals surface area contributed by atoms with Gasteiger partial charge in [-0.05, 0) is 54.6 Å². The van der Waals surface area contributed by atoms with Gasteiger partial charge in [-0.15, -0.1) is 11.1 Å². The molecule has 3 rings (SSSR count). The summed E-state index contributed by atoms with van der Waals surface area (Å²) in [5, 5.41) is 0. The van der Waals surface area contributed by atoms with E-state index >= 15 is 0 Å². The van der Waals surface area contributed by atoms with Gasteiger partial charge in [0.1, 0.15) is 16.1 Å². The summed E-state index contributed by atoms with van der Waals surface area (Å²) in [5.41, 5.74) is 12.7. The first-order valence-corrected chi connectivity index (χ1v) is 18.5. The summed E-state index contributed by atoms with van der Waals surface area (Å²) >= 11 is 0. The highest BCUT2D eigenvalue weighted by atomic mass is 28.3. The van der Waals surface area contributed by atoms with Crippen molar-refractivity contribution >= 4 is 16.1 Å². The summed E-state index contributed by atoms with van der Waals surface area (Å²) in [6, 6.07) is 24.3. The fourth-order valence-electron chi connectivity index (χ4n) is 2.83. The van der Waals surface area contributed by atoms with Gasteiger partial charge >= 0.3 is 0 Å². The molecule has 166 valence electrons. The Kier molecular flexibility index (Phi) is 8.05. The van der Waals surface area contributed by atoms with Crippen molar-refractivity contribution < 1.29 is 0 Å². The molecule has 0 atom stereocenters. The second-order valence-electron chi connectivity index (χ2n) is 10.2. The minimum absolute atomic E-state index is 0.945. The third-order valence-electron chi connectivity index (χ3n) is 4.45. The zero-order valence-electron chi connectivity index (χ0n) is 20.9. The van der Waals surface area contributed by atoms with Crippen molar-refractivity contribution in [1.29, 1.82) is 0 Å². The van der Waals surface area contributed by atoms with Crippen molar-refractivity contribution in [3.63, 3.8) is 0 Å². The Morgan fingerprint density at radius 2 is 0.618 bits per heavy atom. The quantitative estimate of drug-likeness (QED) is 0.246. The van der Waals surface area contributed by atoms with E-state index in [2.05, 4.69) is 98.0 Å². The summed E-state index contributed by atoms with van der Waals surface area (Å²) in [4.78, 5) is 0. The van der Waals surface area contributed by atoms with E-state index in [1.54, 1.807) is 0 Å². The van der Waals surface area contributed by atoms with Crippen molar-refractivity contribution in [3.05, 3.63) is 106 Å². The molecular formula is C32H30Si2. The van der Waals surface area contributed by atoms with E-state index in [1.165, 1.54) is 0 Å². The molecule has 34 heavy (non-hydrogen) atoms. The molecule has 0 radical (unpaired) electrons. The fraction of sp³-hybridized carbons (Fsp3) is 0.188.